The molecule has 144 valence electrons. The normalized spacial score (nSPS) is 12.3. The SMILES string of the molecule is CCC(NCC(=O)Nc1cccc(C(=O)NC(C)(C)C)c1)c1ccccc1. The lowest BCUT2D eigenvalue weighted by atomic mass is 10.0. The molecule has 0 fully saturated rings. The number of carbonyl (C=O) groups excluding carboxylic acids is 2. The van der Waals surface area contributed by atoms with E-state index < -0.39 is 0 Å². The van der Waals surface area contributed by atoms with E-state index in [1.807, 2.05) is 39.0 Å². The fraction of sp³-hybridized carbons (Fsp3) is 0.364. The number of rotatable bonds is 7. The van der Waals surface area contributed by atoms with Crippen LogP contribution in [0.2, 0.25) is 0 Å². The van der Waals surface area contributed by atoms with Crippen molar-refractivity contribution in [1.29, 1.82) is 0 Å². The molecule has 0 aliphatic heterocycles. The molecule has 2 amide bonds. The Morgan fingerprint density at radius 2 is 1.70 bits per heavy atom. The van der Waals surface area contributed by atoms with E-state index in [2.05, 4.69) is 35.0 Å². The molecule has 0 spiro atoms. The van der Waals surface area contributed by atoms with Crippen molar-refractivity contribution in [2.45, 2.75) is 45.7 Å². The maximum atomic E-state index is 12.3. The number of nitrogens with one attached hydrogen (secondary N) is 3. The predicted octanol–water partition coefficient (Wildman–Crippen LogP) is 3.89. The van der Waals surface area contributed by atoms with E-state index in [1.54, 1.807) is 24.3 Å². The lowest BCUT2D eigenvalue weighted by Gasteiger charge is -2.20. The van der Waals surface area contributed by atoms with Gasteiger partial charge in [0.25, 0.3) is 5.91 Å². The summed E-state index contributed by atoms with van der Waals surface area (Å²) in [6.45, 7) is 8.07. The summed E-state index contributed by atoms with van der Waals surface area (Å²) in [5.74, 6) is -0.301. The lowest BCUT2D eigenvalue weighted by molar-refractivity contribution is -0.115. The largest absolute Gasteiger partial charge is 0.347 e. The molecule has 0 saturated heterocycles. The first-order valence-corrected chi connectivity index (χ1v) is 9.29. The van der Waals surface area contributed by atoms with Gasteiger partial charge in [0.15, 0.2) is 0 Å². The lowest BCUT2D eigenvalue weighted by Crippen LogP contribution is -2.40. The number of benzene rings is 2. The molecule has 0 bridgehead atoms. The average molecular weight is 367 g/mol. The Labute approximate surface area is 161 Å². The van der Waals surface area contributed by atoms with Gasteiger partial charge >= 0.3 is 0 Å². The smallest absolute Gasteiger partial charge is 0.251 e. The van der Waals surface area contributed by atoms with Crippen LogP contribution in [0.1, 0.15) is 56.1 Å². The van der Waals surface area contributed by atoms with Crippen LogP contribution in [0.15, 0.2) is 54.6 Å². The van der Waals surface area contributed by atoms with Crippen molar-refractivity contribution in [2.24, 2.45) is 0 Å². The zero-order valence-corrected chi connectivity index (χ0v) is 16.5. The molecule has 0 aromatic heterocycles. The third kappa shape index (κ3) is 6.87. The number of hydrogen-bond acceptors (Lipinski definition) is 3. The number of amides is 2. The van der Waals surface area contributed by atoms with Gasteiger partial charge in [0, 0.05) is 22.8 Å². The molecular formula is C22H29N3O2. The Kier molecular flexibility index (Phi) is 7.13. The van der Waals surface area contributed by atoms with Crippen LogP contribution in [0, 0.1) is 0 Å². The third-order valence-corrected chi connectivity index (χ3v) is 4.02. The third-order valence-electron chi connectivity index (χ3n) is 4.02. The summed E-state index contributed by atoms with van der Waals surface area (Å²) < 4.78 is 0. The second kappa shape index (κ2) is 9.33. The first-order valence-electron chi connectivity index (χ1n) is 9.29. The van der Waals surface area contributed by atoms with Crippen LogP contribution in [0.25, 0.3) is 0 Å². The van der Waals surface area contributed by atoms with E-state index in [-0.39, 0.29) is 29.9 Å². The Balaban J connectivity index is 1.94. The topological polar surface area (TPSA) is 70.2 Å². The maximum absolute atomic E-state index is 12.3. The Morgan fingerprint density at radius 1 is 1.00 bits per heavy atom. The molecule has 2 aromatic carbocycles. The van der Waals surface area contributed by atoms with Crippen molar-refractivity contribution < 1.29 is 9.59 Å². The van der Waals surface area contributed by atoms with Gasteiger partial charge in [-0.25, -0.2) is 0 Å². The van der Waals surface area contributed by atoms with Crippen molar-refractivity contribution in [2.75, 3.05) is 11.9 Å². The summed E-state index contributed by atoms with van der Waals surface area (Å²) in [5.41, 5.74) is 1.98. The Hall–Kier alpha value is -2.66. The second-order valence-corrected chi connectivity index (χ2v) is 7.59. The summed E-state index contributed by atoms with van der Waals surface area (Å²) in [6.07, 6.45) is 0.889. The van der Waals surface area contributed by atoms with Crippen molar-refractivity contribution >= 4 is 17.5 Å². The first-order chi connectivity index (χ1) is 12.8. The predicted molar refractivity (Wildman–Crippen MR) is 110 cm³/mol. The van der Waals surface area contributed by atoms with Gasteiger partial charge in [-0.1, -0.05) is 43.3 Å². The van der Waals surface area contributed by atoms with Gasteiger partial charge in [-0.3, -0.25) is 9.59 Å². The second-order valence-electron chi connectivity index (χ2n) is 7.59. The van der Waals surface area contributed by atoms with Crippen molar-refractivity contribution in [1.82, 2.24) is 10.6 Å². The highest BCUT2D eigenvalue weighted by Gasteiger charge is 2.16. The quantitative estimate of drug-likeness (QED) is 0.695. The van der Waals surface area contributed by atoms with Crippen LogP contribution >= 0.6 is 0 Å². The molecule has 27 heavy (non-hydrogen) atoms. The molecule has 0 aliphatic rings. The van der Waals surface area contributed by atoms with Crippen LogP contribution in [-0.2, 0) is 4.79 Å². The average Bonchev–Trinajstić information content (AvgIpc) is 2.62. The van der Waals surface area contributed by atoms with Gasteiger partial charge in [0.05, 0.1) is 6.54 Å². The van der Waals surface area contributed by atoms with Crippen LogP contribution < -0.4 is 16.0 Å². The van der Waals surface area contributed by atoms with Gasteiger partial charge in [0.1, 0.15) is 0 Å². The van der Waals surface area contributed by atoms with Crippen LogP contribution in [-0.4, -0.2) is 23.9 Å². The highest BCUT2D eigenvalue weighted by molar-refractivity contribution is 5.97. The Bertz CT molecular complexity index is 767. The van der Waals surface area contributed by atoms with Crippen molar-refractivity contribution in [3.8, 4) is 0 Å². The molecule has 2 rings (SSSR count). The van der Waals surface area contributed by atoms with E-state index in [0.29, 0.717) is 11.3 Å². The monoisotopic (exact) mass is 367 g/mol. The van der Waals surface area contributed by atoms with Gasteiger partial charge in [-0.2, -0.15) is 0 Å². The molecule has 1 atom stereocenters. The van der Waals surface area contributed by atoms with Crippen LogP contribution in [0.3, 0.4) is 0 Å². The molecule has 1 unspecified atom stereocenters. The minimum absolute atomic E-state index is 0.126. The van der Waals surface area contributed by atoms with Gasteiger partial charge < -0.3 is 16.0 Å². The first kappa shape index (κ1) is 20.6. The molecule has 5 nitrogen and oxygen atoms in total. The summed E-state index contributed by atoms with van der Waals surface area (Å²) in [5, 5.41) is 9.05. The highest BCUT2D eigenvalue weighted by atomic mass is 16.2. The minimum Gasteiger partial charge on any atom is -0.347 e. The van der Waals surface area contributed by atoms with Crippen molar-refractivity contribution in [3.63, 3.8) is 0 Å². The van der Waals surface area contributed by atoms with Crippen molar-refractivity contribution in [3.05, 3.63) is 65.7 Å². The fourth-order valence-corrected chi connectivity index (χ4v) is 2.76. The summed E-state index contributed by atoms with van der Waals surface area (Å²) in [4.78, 5) is 24.6. The zero-order valence-electron chi connectivity index (χ0n) is 16.5. The van der Waals surface area contributed by atoms with Crippen LogP contribution in [0.4, 0.5) is 5.69 Å². The molecule has 0 radical (unpaired) electrons. The van der Waals surface area contributed by atoms with E-state index in [0.717, 1.165) is 12.0 Å². The Morgan fingerprint density at radius 3 is 2.33 bits per heavy atom. The van der Waals surface area contributed by atoms with E-state index in [9.17, 15) is 9.59 Å². The number of anilines is 1. The molecule has 0 saturated carbocycles. The number of carbonyl (C=O) groups is 2. The molecule has 2 aromatic rings. The standard InChI is InChI=1S/C22H29N3O2/c1-5-19(16-10-7-6-8-11-16)23-15-20(26)24-18-13-9-12-17(14-18)21(27)25-22(2,3)4/h6-14,19,23H,5,15H2,1-4H3,(H,24,26)(H,25,27). The number of hydrogen-bond donors (Lipinski definition) is 3. The summed E-state index contributed by atoms with van der Waals surface area (Å²) in [6, 6.07) is 17.2. The molecule has 0 heterocycles. The zero-order chi connectivity index (χ0) is 19.9. The fourth-order valence-electron chi connectivity index (χ4n) is 2.76. The van der Waals surface area contributed by atoms with Gasteiger partial charge in [0.2, 0.25) is 5.91 Å². The summed E-state index contributed by atoms with van der Waals surface area (Å²) in [7, 11) is 0. The maximum Gasteiger partial charge on any atom is 0.251 e. The molecule has 3 N–H and O–H groups in total. The van der Waals surface area contributed by atoms with Gasteiger partial charge in [-0.05, 0) is 51.0 Å². The highest BCUT2D eigenvalue weighted by Crippen LogP contribution is 2.16. The molecule has 0 aliphatic carbocycles. The summed E-state index contributed by atoms with van der Waals surface area (Å²) >= 11 is 0. The minimum atomic E-state index is -0.313. The molecule has 5 heteroatoms. The van der Waals surface area contributed by atoms with E-state index in [1.165, 1.54) is 0 Å². The molecular weight excluding hydrogens is 338 g/mol. The van der Waals surface area contributed by atoms with E-state index in [4.69, 9.17) is 0 Å². The van der Waals surface area contributed by atoms with E-state index >= 15 is 0 Å². The van der Waals surface area contributed by atoms with Crippen LogP contribution in [0.5, 0.6) is 0 Å². The van der Waals surface area contributed by atoms with Gasteiger partial charge in [-0.15, -0.1) is 0 Å².